The Morgan fingerprint density at radius 3 is 2.47 bits per heavy atom. The van der Waals surface area contributed by atoms with Crippen molar-refractivity contribution in [1.82, 2.24) is 0 Å². The lowest BCUT2D eigenvalue weighted by atomic mass is 10.0. The Labute approximate surface area is 115 Å². The molecule has 112 valence electrons. The predicted molar refractivity (Wildman–Crippen MR) is 72.6 cm³/mol. The van der Waals surface area contributed by atoms with Crippen molar-refractivity contribution < 1.29 is 19.0 Å². The zero-order valence-corrected chi connectivity index (χ0v) is 12.7. The summed E-state index contributed by atoms with van der Waals surface area (Å²) in [5.41, 5.74) is 5.22. The van der Waals surface area contributed by atoms with Crippen molar-refractivity contribution in [2.45, 2.75) is 77.5 Å². The van der Waals surface area contributed by atoms with E-state index in [0.717, 1.165) is 6.42 Å². The molecular formula is C14H27NO4. The summed E-state index contributed by atoms with van der Waals surface area (Å²) in [6.45, 7) is 9.90. The molecular weight excluding hydrogens is 246 g/mol. The van der Waals surface area contributed by atoms with Crippen molar-refractivity contribution in [3.05, 3.63) is 0 Å². The maximum absolute atomic E-state index is 11.9. The van der Waals surface area contributed by atoms with E-state index in [4.69, 9.17) is 19.9 Å². The normalized spacial score (nSPS) is 27.1. The Morgan fingerprint density at radius 1 is 1.37 bits per heavy atom. The summed E-state index contributed by atoms with van der Waals surface area (Å²) >= 11 is 0. The minimum absolute atomic E-state index is 0.0688. The van der Waals surface area contributed by atoms with Gasteiger partial charge in [-0.25, -0.2) is 0 Å². The standard InChI is InChI=1S/C14H27NO4/c1-6-13(2,3)19-12(16)8-10-7-11(9-15)18-14(4,5)17-10/h10-11H,6-9,15H2,1-5H3. The van der Waals surface area contributed by atoms with Crippen molar-refractivity contribution in [2.24, 2.45) is 5.73 Å². The third kappa shape index (κ3) is 5.47. The van der Waals surface area contributed by atoms with Gasteiger partial charge in [0.2, 0.25) is 0 Å². The fraction of sp³-hybridized carbons (Fsp3) is 0.929. The first-order valence-corrected chi connectivity index (χ1v) is 6.95. The summed E-state index contributed by atoms with van der Waals surface area (Å²) < 4.78 is 16.8. The molecule has 19 heavy (non-hydrogen) atoms. The van der Waals surface area contributed by atoms with Gasteiger partial charge in [0.05, 0.1) is 18.6 Å². The molecule has 0 spiro atoms. The van der Waals surface area contributed by atoms with Gasteiger partial charge in [-0.1, -0.05) is 6.92 Å². The predicted octanol–water partition coefficient (Wildman–Crippen LogP) is 1.98. The molecule has 0 aromatic heterocycles. The molecule has 1 aliphatic heterocycles. The van der Waals surface area contributed by atoms with E-state index in [-0.39, 0.29) is 24.6 Å². The number of carbonyl (C=O) groups excluding carboxylic acids is 1. The molecule has 0 radical (unpaired) electrons. The van der Waals surface area contributed by atoms with Crippen molar-refractivity contribution >= 4 is 5.97 Å². The summed E-state index contributed by atoms with van der Waals surface area (Å²) in [7, 11) is 0. The van der Waals surface area contributed by atoms with Gasteiger partial charge in [0.1, 0.15) is 5.60 Å². The monoisotopic (exact) mass is 273 g/mol. The summed E-state index contributed by atoms with van der Waals surface area (Å²) in [6.07, 6.45) is 1.39. The van der Waals surface area contributed by atoms with Gasteiger partial charge in [-0.15, -0.1) is 0 Å². The second-order valence-electron chi connectivity index (χ2n) is 6.14. The molecule has 0 bridgehead atoms. The number of esters is 1. The summed E-state index contributed by atoms with van der Waals surface area (Å²) in [5, 5.41) is 0. The molecule has 2 unspecified atom stereocenters. The molecule has 0 aromatic carbocycles. The van der Waals surface area contributed by atoms with Crippen LogP contribution in [0.2, 0.25) is 0 Å². The van der Waals surface area contributed by atoms with E-state index < -0.39 is 11.4 Å². The van der Waals surface area contributed by atoms with Gasteiger partial charge in [0.25, 0.3) is 0 Å². The van der Waals surface area contributed by atoms with Crippen molar-refractivity contribution in [3.8, 4) is 0 Å². The minimum atomic E-state index is -0.701. The lowest BCUT2D eigenvalue weighted by Crippen LogP contribution is -2.48. The fourth-order valence-electron chi connectivity index (χ4n) is 2.10. The highest BCUT2D eigenvalue weighted by Crippen LogP contribution is 2.28. The first-order chi connectivity index (χ1) is 8.67. The molecule has 1 saturated heterocycles. The molecule has 5 nitrogen and oxygen atoms in total. The number of ether oxygens (including phenoxy) is 3. The van der Waals surface area contributed by atoms with Gasteiger partial charge >= 0.3 is 5.97 Å². The number of hydrogen-bond acceptors (Lipinski definition) is 5. The van der Waals surface area contributed by atoms with Crippen LogP contribution in [0.15, 0.2) is 0 Å². The van der Waals surface area contributed by atoms with Crippen LogP contribution in [0.3, 0.4) is 0 Å². The zero-order valence-electron chi connectivity index (χ0n) is 12.7. The summed E-state index contributed by atoms with van der Waals surface area (Å²) in [6, 6.07) is 0. The first kappa shape index (κ1) is 16.4. The van der Waals surface area contributed by atoms with Crippen molar-refractivity contribution in [1.29, 1.82) is 0 Å². The van der Waals surface area contributed by atoms with E-state index >= 15 is 0 Å². The molecule has 0 amide bonds. The van der Waals surface area contributed by atoms with Crippen LogP contribution in [0.4, 0.5) is 0 Å². The first-order valence-electron chi connectivity index (χ1n) is 6.95. The summed E-state index contributed by atoms with van der Waals surface area (Å²) in [4.78, 5) is 11.9. The van der Waals surface area contributed by atoms with E-state index in [2.05, 4.69) is 0 Å². The van der Waals surface area contributed by atoms with Crippen LogP contribution in [0.5, 0.6) is 0 Å². The van der Waals surface area contributed by atoms with Gasteiger partial charge in [-0.05, 0) is 34.1 Å². The van der Waals surface area contributed by atoms with Crippen LogP contribution in [0.25, 0.3) is 0 Å². The van der Waals surface area contributed by atoms with Crippen LogP contribution in [0.1, 0.15) is 53.9 Å². The average Bonchev–Trinajstić information content (AvgIpc) is 2.25. The van der Waals surface area contributed by atoms with E-state index in [9.17, 15) is 4.79 Å². The Bertz CT molecular complexity index is 315. The zero-order chi connectivity index (χ0) is 14.7. The minimum Gasteiger partial charge on any atom is -0.460 e. The highest BCUT2D eigenvalue weighted by atomic mass is 16.7. The Kier molecular flexibility index (Phi) is 5.35. The Hall–Kier alpha value is -0.650. The van der Waals surface area contributed by atoms with Crippen molar-refractivity contribution in [2.75, 3.05) is 6.54 Å². The number of nitrogens with two attached hydrogens (primary N) is 1. The lowest BCUT2D eigenvalue weighted by Gasteiger charge is -2.40. The number of rotatable bonds is 5. The molecule has 1 heterocycles. The SMILES string of the molecule is CCC(C)(C)OC(=O)CC1CC(CN)OC(C)(C)O1. The largest absolute Gasteiger partial charge is 0.460 e. The van der Waals surface area contributed by atoms with Crippen LogP contribution < -0.4 is 5.73 Å². The van der Waals surface area contributed by atoms with Gasteiger partial charge < -0.3 is 19.9 Å². The summed E-state index contributed by atoms with van der Waals surface area (Å²) in [5.74, 6) is -0.932. The van der Waals surface area contributed by atoms with Crippen LogP contribution in [-0.2, 0) is 19.0 Å². The molecule has 0 aromatic rings. The second kappa shape index (κ2) is 6.20. The van der Waals surface area contributed by atoms with Crippen molar-refractivity contribution in [3.63, 3.8) is 0 Å². The third-order valence-electron chi connectivity index (χ3n) is 3.33. The van der Waals surface area contributed by atoms with E-state index in [1.54, 1.807) is 0 Å². The van der Waals surface area contributed by atoms with Crippen LogP contribution >= 0.6 is 0 Å². The van der Waals surface area contributed by atoms with Crippen LogP contribution in [-0.4, -0.2) is 36.1 Å². The fourth-order valence-corrected chi connectivity index (χ4v) is 2.10. The molecule has 0 aliphatic carbocycles. The molecule has 1 rings (SSSR count). The highest BCUT2D eigenvalue weighted by Gasteiger charge is 2.36. The van der Waals surface area contributed by atoms with Gasteiger partial charge in [0, 0.05) is 13.0 Å². The topological polar surface area (TPSA) is 70.8 Å². The maximum atomic E-state index is 11.9. The number of carbonyl (C=O) groups is 1. The third-order valence-corrected chi connectivity index (χ3v) is 3.33. The van der Waals surface area contributed by atoms with E-state index in [1.807, 2.05) is 34.6 Å². The lowest BCUT2D eigenvalue weighted by molar-refractivity contribution is -0.297. The molecule has 1 fully saturated rings. The molecule has 0 saturated carbocycles. The molecule has 2 N–H and O–H groups in total. The van der Waals surface area contributed by atoms with E-state index in [0.29, 0.717) is 13.0 Å². The highest BCUT2D eigenvalue weighted by molar-refractivity contribution is 5.70. The molecule has 2 atom stereocenters. The van der Waals surface area contributed by atoms with Crippen LogP contribution in [0, 0.1) is 0 Å². The van der Waals surface area contributed by atoms with Gasteiger partial charge in [-0.2, -0.15) is 0 Å². The quantitative estimate of drug-likeness (QED) is 0.775. The maximum Gasteiger partial charge on any atom is 0.308 e. The molecule has 5 heteroatoms. The molecule has 1 aliphatic rings. The Morgan fingerprint density at radius 2 is 1.95 bits per heavy atom. The number of hydrogen-bond donors (Lipinski definition) is 1. The van der Waals surface area contributed by atoms with Gasteiger partial charge in [0.15, 0.2) is 5.79 Å². The Balaban J connectivity index is 2.54. The smallest absolute Gasteiger partial charge is 0.308 e. The second-order valence-corrected chi connectivity index (χ2v) is 6.14. The average molecular weight is 273 g/mol. The van der Waals surface area contributed by atoms with Gasteiger partial charge in [-0.3, -0.25) is 4.79 Å². The van der Waals surface area contributed by atoms with E-state index in [1.165, 1.54) is 0 Å².